The molecule has 0 fully saturated rings. The molecule has 16 heteroatoms. The molecular weight excluding hydrogens is 506 g/mol. The highest BCUT2D eigenvalue weighted by Gasteiger charge is 2.50. The van der Waals surface area contributed by atoms with Crippen LogP contribution in [0, 0.1) is 0 Å². The van der Waals surface area contributed by atoms with E-state index in [0.29, 0.717) is 32.0 Å². The van der Waals surface area contributed by atoms with Gasteiger partial charge in [0.05, 0.1) is 29.2 Å². The number of hydrogen-bond acceptors (Lipinski definition) is 8. The number of aliphatic hydroxyl groups is 2. The van der Waals surface area contributed by atoms with Gasteiger partial charge in [-0.25, -0.2) is 9.59 Å². The van der Waals surface area contributed by atoms with Crippen molar-refractivity contribution >= 4 is 22.1 Å². The molecule has 0 saturated carbocycles. The maximum atomic E-state index is 12.6. The van der Waals surface area contributed by atoms with E-state index in [4.69, 9.17) is 0 Å². The van der Waals surface area contributed by atoms with E-state index in [0.717, 1.165) is 0 Å². The first-order valence-corrected chi connectivity index (χ1v) is 10.6. The van der Waals surface area contributed by atoms with Crippen LogP contribution in [0.2, 0.25) is 0 Å². The first-order valence-electron chi connectivity index (χ1n) is 9.13. The van der Waals surface area contributed by atoms with E-state index in [-0.39, 0.29) is 0 Å². The van der Waals surface area contributed by atoms with Crippen molar-refractivity contribution in [1.82, 2.24) is 0 Å². The number of halogens is 6. The number of carbonyl (C=O) groups is 2. The lowest BCUT2D eigenvalue weighted by atomic mass is 10.0. The van der Waals surface area contributed by atoms with Crippen LogP contribution >= 0.6 is 0 Å². The average molecular weight is 526 g/mol. The zero-order chi connectivity index (χ0) is 26.8. The van der Waals surface area contributed by atoms with Crippen LogP contribution in [0.5, 0.6) is 0 Å². The fourth-order valence-electron chi connectivity index (χ4n) is 2.12. The highest BCUT2D eigenvalue weighted by molar-refractivity contribution is 7.85. The normalized spacial score (nSPS) is 16.3. The summed E-state index contributed by atoms with van der Waals surface area (Å²) in [5.41, 5.74) is -7.90. The average Bonchev–Trinajstić information content (AvgIpc) is 2.64. The molecule has 0 aliphatic rings. The summed E-state index contributed by atoms with van der Waals surface area (Å²) in [7, 11) is -5.03. The Kier molecular flexibility index (Phi) is 8.75. The molecule has 1 aromatic rings. The molecule has 1 aromatic carbocycles. The molecule has 0 amide bonds. The lowest BCUT2D eigenvalue weighted by Crippen LogP contribution is -2.43. The third kappa shape index (κ3) is 7.82. The minimum absolute atomic E-state index is 0.421. The molecule has 9 nitrogen and oxygen atoms in total. The Balaban J connectivity index is 3.04. The van der Waals surface area contributed by atoms with Gasteiger partial charge in [0, 0.05) is 12.8 Å². The maximum absolute atomic E-state index is 12.6. The molecule has 0 aromatic heterocycles. The Morgan fingerprint density at radius 3 is 1.38 bits per heavy atom. The number of benzene rings is 1. The van der Waals surface area contributed by atoms with E-state index in [1.165, 1.54) is 0 Å². The highest BCUT2D eigenvalue weighted by Crippen LogP contribution is 2.33. The van der Waals surface area contributed by atoms with Crippen molar-refractivity contribution in [3.8, 4) is 0 Å². The molecule has 1 rings (SSSR count). The van der Waals surface area contributed by atoms with Crippen LogP contribution in [0.25, 0.3) is 0 Å². The Morgan fingerprint density at radius 2 is 1.12 bits per heavy atom. The number of alkyl halides is 6. The smallest absolute Gasteiger partial charge is 0.417 e. The van der Waals surface area contributed by atoms with Gasteiger partial charge in [0.1, 0.15) is 0 Å². The fraction of sp³-hybridized carbons (Fsp3) is 0.556. The monoisotopic (exact) mass is 526 g/mol. The molecule has 0 radical (unpaired) electrons. The summed E-state index contributed by atoms with van der Waals surface area (Å²) in [6, 6.07) is 1.69. The minimum Gasteiger partial charge on any atom is -0.462 e. The van der Waals surface area contributed by atoms with Crippen LogP contribution in [-0.4, -0.2) is 71.9 Å². The summed E-state index contributed by atoms with van der Waals surface area (Å²) >= 11 is 0. The molecule has 0 saturated heterocycles. The van der Waals surface area contributed by atoms with Crippen molar-refractivity contribution < 1.29 is 68.6 Å². The van der Waals surface area contributed by atoms with Crippen molar-refractivity contribution in [2.45, 2.75) is 55.1 Å². The van der Waals surface area contributed by atoms with Crippen LogP contribution in [-0.2, 0) is 19.6 Å². The zero-order valence-electron chi connectivity index (χ0n) is 17.5. The number of hydrogen-bond donors (Lipinski definition) is 3. The van der Waals surface area contributed by atoms with Crippen molar-refractivity contribution in [1.29, 1.82) is 0 Å². The van der Waals surface area contributed by atoms with Crippen LogP contribution in [0.15, 0.2) is 23.1 Å². The SMILES string of the molecule is CC(O)(CCOC(=O)c1cc(C(=O)OCCC(C)(O)C(F)(F)F)cc(S(=O)(=O)O)c1)C(F)(F)F. The summed E-state index contributed by atoms with van der Waals surface area (Å²) in [4.78, 5) is 23.2. The largest absolute Gasteiger partial charge is 0.462 e. The first-order chi connectivity index (χ1) is 15.1. The van der Waals surface area contributed by atoms with Crippen molar-refractivity contribution in [3.63, 3.8) is 0 Å². The van der Waals surface area contributed by atoms with Gasteiger partial charge in [-0.2, -0.15) is 34.8 Å². The second-order valence-corrected chi connectivity index (χ2v) is 8.96. The Bertz CT molecular complexity index is 951. The number of rotatable bonds is 9. The third-order valence-corrected chi connectivity index (χ3v) is 5.37. The summed E-state index contributed by atoms with van der Waals surface area (Å²) in [6.07, 6.45) is -12.3. The standard InChI is InChI=1S/C18H20F6O9S/c1-15(27,17(19,20)21)3-5-32-13(25)10-7-11(9-12(8-10)34(29,30)31)14(26)33-6-4-16(2,28)18(22,23)24/h7-9,27-28H,3-6H2,1-2H3,(H,29,30,31). The van der Waals surface area contributed by atoms with E-state index in [1.807, 2.05) is 0 Å². The molecule has 0 aliphatic carbocycles. The summed E-state index contributed by atoms with van der Waals surface area (Å²) < 4.78 is 117. The Hall–Kier alpha value is -2.43. The summed E-state index contributed by atoms with van der Waals surface area (Å²) in [5, 5.41) is 18.6. The molecule has 2 atom stereocenters. The quantitative estimate of drug-likeness (QED) is 0.251. The molecule has 2 unspecified atom stereocenters. The van der Waals surface area contributed by atoms with E-state index < -0.39 is 87.7 Å². The predicted molar refractivity (Wildman–Crippen MR) is 99.4 cm³/mol. The van der Waals surface area contributed by atoms with Crippen LogP contribution in [0.3, 0.4) is 0 Å². The lowest BCUT2D eigenvalue weighted by Gasteiger charge is -2.25. The number of ether oxygens (including phenoxy) is 2. The van der Waals surface area contributed by atoms with Gasteiger partial charge in [-0.05, 0) is 32.0 Å². The minimum atomic E-state index is -5.04. The van der Waals surface area contributed by atoms with Gasteiger partial charge < -0.3 is 19.7 Å². The number of carbonyl (C=O) groups excluding carboxylic acids is 2. The van der Waals surface area contributed by atoms with Crippen molar-refractivity contribution in [2.75, 3.05) is 13.2 Å². The van der Waals surface area contributed by atoms with Gasteiger partial charge in [0.25, 0.3) is 10.1 Å². The van der Waals surface area contributed by atoms with Gasteiger partial charge in [0.2, 0.25) is 0 Å². The molecule has 0 heterocycles. The topological polar surface area (TPSA) is 147 Å². The maximum Gasteiger partial charge on any atom is 0.417 e. The first kappa shape index (κ1) is 29.6. The van der Waals surface area contributed by atoms with Gasteiger partial charge >= 0.3 is 24.3 Å². The zero-order valence-corrected chi connectivity index (χ0v) is 18.3. The van der Waals surface area contributed by atoms with Crippen LogP contribution in [0.1, 0.15) is 47.4 Å². The molecule has 3 N–H and O–H groups in total. The van der Waals surface area contributed by atoms with E-state index in [2.05, 4.69) is 9.47 Å². The van der Waals surface area contributed by atoms with Crippen LogP contribution < -0.4 is 0 Å². The van der Waals surface area contributed by atoms with E-state index in [1.54, 1.807) is 0 Å². The van der Waals surface area contributed by atoms with E-state index >= 15 is 0 Å². The Labute approximate surface area is 189 Å². The number of esters is 2. The van der Waals surface area contributed by atoms with Crippen molar-refractivity contribution in [2.24, 2.45) is 0 Å². The van der Waals surface area contributed by atoms with E-state index in [9.17, 15) is 59.1 Å². The molecule has 194 valence electrons. The van der Waals surface area contributed by atoms with Gasteiger partial charge in [-0.3, -0.25) is 4.55 Å². The third-order valence-electron chi connectivity index (χ3n) is 4.54. The summed E-state index contributed by atoms with van der Waals surface area (Å²) in [5.74, 6) is -2.89. The van der Waals surface area contributed by atoms with Crippen LogP contribution in [0.4, 0.5) is 26.3 Å². The highest BCUT2D eigenvalue weighted by atomic mass is 32.2. The lowest BCUT2D eigenvalue weighted by molar-refractivity contribution is -0.256. The molecule has 34 heavy (non-hydrogen) atoms. The van der Waals surface area contributed by atoms with Crippen molar-refractivity contribution in [3.05, 3.63) is 29.3 Å². The fourth-order valence-corrected chi connectivity index (χ4v) is 2.67. The Morgan fingerprint density at radius 1 is 0.794 bits per heavy atom. The summed E-state index contributed by atoms with van der Waals surface area (Å²) in [6.45, 7) is -1.12. The predicted octanol–water partition coefficient (Wildman–Crippen LogP) is 2.65. The molecule has 0 spiro atoms. The van der Waals surface area contributed by atoms with Gasteiger partial charge in [-0.1, -0.05) is 0 Å². The van der Waals surface area contributed by atoms with Gasteiger partial charge in [-0.15, -0.1) is 0 Å². The molecule has 0 aliphatic heterocycles. The second kappa shape index (κ2) is 10.1. The second-order valence-electron chi connectivity index (χ2n) is 7.54. The molecular formula is C18H20F6O9S. The molecule has 0 bridgehead atoms. The van der Waals surface area contributed by atoms with Gasteiger partial charge in [0.15, 0.2) is 11.2 Å².